The fourth-order valence-corrected chi connectivity index (χ4v) is 4.94. The molecule has 3 aromatic rings. The van der Waals surface area contributed by atoms with E-state index in [4.69, 9.17) is 21.1 Å². The molecule has 12 heteroatoms. The zero-order valence-electron chi connectivity index (χ0n) is 24.2. The molecule has 4 rings (SSSR count). The number of benzene rings is 2. The number of nitrogens with one attached hydrogen (secondary N) is 1. The molecule has 1 aliphatic rings. The van der Waals surface area contributed by atoms with Crippen molar-refractivity contribution in [3.8, 4) is 11.5 Å². The number of ketones is 1. The van der Waals surface area contributed by atoms with Gasteiger partial charge in [0.25, 0.3) is 0 Å². The second kappa shape index (κ2) is 14.6. The Labute approximate surface area is 249 Å². The molecule has 2 aromatic carbocycles. The zero-order chi connectivity index (χ0) is 30.2. The number of halogens is 2. The maximum Gasteiger partial charge on any atom is 0.219 e. The Kier molecular flexibility index (Phi) is 10.9. The van der Waals surface area contributed by atoms with E-state index in [2.05, 4.69) is 15.3 Å². The molecular weight excluding hydrogens is 565 g/mol. The van der Waals surface area contributed by atoms with Gasteiger partial charge < -0.3 is 24.8 Å². The van der Waals surface area contributed by atoms with Crippen LogP contribution < -0.4 is 14.8 Å². The number of aliphatic hydroxyl groups excluding tert-OH is 1. The summed E-state index contributed by atoms with van der Waals surface area (Å²) in [6, 6.07) is 6.10. The summed E-state index contributed by atoms with van der Waals surface area (Å²) in [6.45, 7) is 4.93. The number of fused-ring (bicyclic) bond motifs is 2. The molecule has 2 heterocycles. The zero-order valence-corrected chi connectivity index (χ0v) is 24.9. The molecule has 1 atom stereocenters. The number of Topliss-reactive ketones (excluding diaryl/α,β-unsaturated/α-hetero) is 1. The second-order valence-corrected chi connectivity index (χ2v) is 10.8. The Hall–Kier alpha value is -3.54. The molecule has 42 heavy (non-hydrogen) atoms. The van der Waals surface area contributed by atoms with Gasteiger partial charge >= 0.3 is 0 Å². The summed E-state index contributed by atoms with van der Waals surface area (Å²) in [6.07, 6.45) is 3.69. The predicted molar refractivity (Wildman–Crippen MR) is 159 cm³/mol. The number of anilines is 2. The average Bonchev–Trinajstić information content (AvgIpc) is 2.96. The van der Waals surface area contributed by atoms with Gasteiger partial charge in [-0.1, -0.05) is 11.6 Å². The summed E-state index contributed by atoms with van der Waals surface area (Å²) in [5, 5.41) is 13.1. The Bertz CT molecular complexity index is 1420. The van der Waals surface area contributed by atoms with E-state index in [1.54, 1.807) is 17.0 Å². The van der Waals surface area contributed by atoms with E-state index in [-0.39, 0.29) is 35.9 Å². The van der Waals surface area contributed by atoms with Crippen LogP contribution in [0.15, 0.2) is 30.6 Å². The smallest absolute Gasteiger partial charge is 0.219 e. The molecule has 0 spiro atoms. The highest BCUT2D eigenvalue weighted by atomic mass is 35.5. The molecule has 0 saturated carbocycles. The van der Waals surface area contributed by atoms with Gasteiger partial charge in [-0.3, -0.25) is 14.5 Å². The van der Waals surface area contributed by atoms with Gasteiger partial charge in [0, 0.05) is 50.1 Å². The molecule has 0 fully saturated rings. The molecule has 1 aliphatic heterocycles. The number of carbonyl (C=O) groups is 2. The van der Waals surface area contributed by atoms with Crippen molar-refractivity contribution < 1.29 is 28.6 Å². The van der Waals surface area contributed by atoms with Gasteiger partial charge in [0.05, 0.1) is 36.4 Å². The molecule has 2 bridgehead atoms. The summed E-state index contributed by atoms with van der Waals surface area (Å²) in [5.41, 5.74) is 1.78. The lowest BCUT2D eigenvalue weighted by Crippen LogP contribution is -2.35. The van der Waals surface area contributed by atoms with Crippen molar-refractivity contribution in [1.82, 2.24) is 19.8 Å². The molecule has 0 unspecified atom stereocenters. The molecule has 1 aromatic heterocycles. The van der Waals surface area contributed by atoms with E-state index < -0.39 is 5.82 Å². The minimum atomic E-state index is -0.549. The van der Waals surface area contributed by atoms with Crippen LogP contribution in [0.5, 0.6) is 11.5 Å². The molecular formula is C30H37ClFN5O5. The lowest BCUT2D eigenvalue weighted by Gasteiger charge is -2.25. The summed E-state index contributed by atoms with van der Waals surface area (Å²) in [7, 11) is 1.84. The average molecular weight is 602 g/mol. The van der Waals surface area contributed by atoms with Crippen LogP contribution in [0.2, 0.25) is 5.02 Å². The molecule has 226 valence electrons. The van der Waals surface area contributed by atoms with Crippen LogP contribution in [0.25, 0.3) is 10.9 Å². The lowest BCUT2D eigenvalue weighted by atomic mass is 10.1. The highest BCUT2D eigenvalue weighted by Gasteiger charge is 2.21. The van der Waals surface area contributed by atoms with Crippen molar-refractivity contribution in [3.63, 3.8) is 0 Å². The quantitative estimate of drug-likeness (QED) is 0.371. The SMILES string of the molecule is CC(=O)N(CCO)CCCOc1cc2ncnc3c2cc1OCCCCC(=O)[C@H](C)N(C)Cc1cc(F)c(Cl)cc1N3. The number of aromatic nitrogens is 2. The molecule has 0 aliphatic carbocycles. The van der Waals surface area contributed by atoms with Gasteiger partial charge in [-0.2, -0.15) is 0 Å². The number of nitrogens with zero attached hydrogens (tertiary/aromatic N) is 4. The van der Waals surface area contributed by atoms with Crippen LogP contribution in [0.3, 0.4) is 0 Å². The lowest BCUT2D eigenvalue weighted by molar-refractivity contribution is -0.129. The van der Waals surface area contributed by atoms with Crippen molar-refractivity contribution in [2.24, 2.45) is 0 Å². The third-order valence-corrected chi connectivity index (χ3v) is 7.66. The first-order chi connectivity index (χ1) is 20.2. The van der Waals surface area contributed by atoms with Gasteiger partial charge in [0.1, 0.15) is 23.7 Å². The summed E-state index contributed by atoms with van der Waals surface area (Å²) in [4.78, 5) is 37.0. The van der Waals surface area contributed by atoms with Crippen molar-refractivity contribution in [2.45, 2.75) is 52.1 Å². The monoisotopic (exact) mass is 601 g/mol. The first-order valence-corrected chi connectivity index (χ1v) is 14.4. The van der Waals surface area contributed by atoms with Crippen molar-refractivity contribution in [3.05, 3.63) is 47.0 Å². The third-order valence-electron chi connectivity index (χ3n) is 7.37. The summed E-state index contributed by atoms with van der Waals surface area (Å²) < 4.78 is 26.8. The molecule has 10 nitrogen and oxygen atoms in total. The van der Waals surface area contributed by atoms with Crippen LogP contribution in [0, 0.1) is 5.82 Å². The predicted octanol–water partition coefficient (Wildman–Crippen LogP) is 4.73. The van der Waals surface area contributed by atoms with Crippen molar-refractivity contribution in [1.29, 1.82) is 0 Å². The number of hydrogen-bond acceptors (Lipinski definition) is 9. The maximum absolute atomic E-state index is 14.6. The van der Waals surface area contributed by atoms with E-state index >= 15 is 0 Å². The highest BCUT2D eigenvalue weighted by molar-refractivity contribution is 6.31. The van der Waals surface area contributed by atoms with Gasteiger partial charge in [0.15, 0.2) is 11.5 Å². The maximum atomic E-state index is 14.6. The second-order valence-electron chi connectivity index (χ2n) is 10.4. The van der Waals surface area contributed by atoms with E-state index in [1.165, 1.54) is 25.4 Å². The third kappa shape index (κ3) is 7.84. The number of likely N-dealkylation sites (N-methyl/N-ethyl adjacent to an activating group) is 1. The Morgan fingerprint density at radius 2 is 2.07 bits per heavy atom. The topological polar surface area (TPSA) is 117 Å². The number of amides is 1. The van der Waals surface area contributed by atoms with Gasteiger partial charge in [-0.05, 0) is 57.0 Å². The van der Waals surface area contributed by atoms with E-state index in [0.717, 1.165) is 0 Å². The molecule has 1 amide bonds. The normalized spacial score (nSPS) is 16.5. The fraction of sp³-hybridized carbons (Fsp3) is 0.467. The molecule has 0 radical (unpaired) electrons. The number of aliphatic hydroxyl groups is 1. The van der Waals surface area contributed by atoms with Crippen molar-refractivity contribution in [2.75, 3.05) is 45.3 Å². The van der Waals surface area contributed by atoms with E-state index in [9.17, 15) is 19.1 Å². The van der Waals surface area contributed by atoms with Crippen LogP contribution >= 0.6 is 11.6 Å². The fourth-order valence-electron chi connectivity index (χ4n) is 4.78. The van der Waals surface area contributed by atoms with Crippen LogP contribution in [-0.4, -0.2) is 82.6 Å². The van der Waals surface area contributed by atoms with Gasteiger partial charge in [-0.25, -0.2) is 14.4 Å². The first-order valence-electron chi connectivity index (χ1n) is 14.1. The molecule has 0 saturated heterocycles. The van der Waals surface area contributed by atoms with Gasteiger partial charge in [0.2, 0.25) is 5.91 Å². The number of rotatable bonds is 7. The highest BCUT2D eigenvalue weighted by Crippen LogP contribution is 2.36. The number of carbonyl (C=O) groups excluding carboxylic acids is 2. The van der Waals surface area contributed by atoms with Gasteiger partial charge in [-0.15, -0.1) is 0 Å². The first kappa shape index (κ1) is 31.4. The van der Waals surface area contributed by atoms with Crippen LogP contribution in [0.1, 0.15) is 45.1 Å². The molecule has 2 N–H and O–H groups in total. The number of ether oxygens (including phenoxy) is 2. The Balaban J connectivity index is 1.67. The minimum Gasteiger partial charge on any atom is -0.490 e. The van der Waals surface area contributed by atoms with Crippen LogP contribution in [-0.2, 0) is 16.1 Å². The summed E-state index contributed by atoms with van der Waals surface area (Å²) >= 11 is 6.17. The summed E-state index contributed by atoms with van der Waals surface area (Å²) in [5.74, 6) is 0.884. The van der Waals surface area contributed by atoms with Crippen molar-refractivity contribution >= 4 is 45.7 Å². The minimum absolute atomic E-state index is 0.0390. The van der Waals surface area contributed by atoms with E-state index in [0.29, 0.717) is 91.5 Å². The Morgan fingerprint density at radius 3 is 2.83 bits per heavy atom. The standard InChI is InChI=1S/C30H37ClFN5O5/c1-19-27(40)7-4-5-11-41-28-14-22-26(16-29(28)42-12-6-8-37(9-10-38)20(2)39)33-18-34-30(22)35-25-15-23(31)24(32)13-21(25)17-36(19)3/h13-16,18-19,38H,4-12,17H2,1-3H3,(H,33,34,35)/t19-/m0/s1. The Morgan fingerprint density at radius 1 is 1.26 bits per heavy atom. The largest absolute Gasteiger partial charge is 0.490 e. The van der Waals surface area contributed by atoms with E-state index in [1.807, 2.05) is 18.9 Å². The van der Waals surface area contributed by atoms with Crippen LogP contribution in [0.4, 0.5) is 15.9 Å². The number of hydrogen-bond donors (Lipinski definition) is 2.